The highest BCUT2D eigenvalue weighted by molar-refractivity contribution is 5.36. The Bertz CT molecular complexity index is 1240. The fourth-order valence-electron chi connectivity index (χ4n) is 4.20. The summed E-state index contributed by atoms with van der Waals surface area (Å²) in [5.74, 6) is 0. The quantitative estimate of drug-likeness (QED) is 0.266. The number of aryl methyl sites for hydroxylation is 10. The SMILES string of the molecule is CCCc1ccc(C)c(C)c1.Cc1ccc(C)c(C)c1.Cc1ccc(Cc2ccc(C)c(C)c2)cc1C. The lowest BCUT2D eigenvalue weighted by atomic mass is 9.98. The van der Waals surface area contributed by atoms with Crippen molar-refractivity contribution in [1.29, 1.82) is 0 Å². The molecule has 4 aromatic carbocycles. The standard InChI is InChI=1S/C17H20.C11H16.C9H12/c1-12-5-7-16(9-14(12)3)11-17-8-6-13(2)15(4)10-17;1-4-5-11-7-6-9(2)10(3)8-11;1-7-4-5-8(2)9(3)6-7/h5-10H,11H2,1-4H3;6-8H,4-5H2,1-3H3;4-6H,1-3H3. The maximum atomic E-state index is 2.30. The van der Waals surface area contributed by atoms with E-state index in [1.165, 1.54) is 79.6 Å². The normalized spacial score (nSPS) is 10.2. The molecule has 37 heavy (non-hydrogen) atoms. The summed E-state index contributed by atoms with van der Waals surface area (Å²) in [7, 11) is 0. The van der Waals surface area contributed by atoms with Gasteiger partial charge in [-0.05, 0) is 136 Å². The Morgan fingerprint density at radius 2 is 0.730 bits per heavy atom. The molecule has 0 heteroatoms. The van der Waals surface area contributed by atoms with Crippen LogP contribution in [-0.2, 0) is 12.8 Å². The van der Waals surface area contributed by atoms with Crippen LogP contribution in [0, 0.1) is 62.3 Å². The van der Waals surface area contributed by atoms with Gasteiger partial charge in [0.05, 0.1) is 0 Å². The van der Waals surface area contributed by atoms with Crippen LogP contribution in [-0.4, -0.2) is 0 Å². The van der Waals surface area contributed by atoms with Gasteiger partial charge in [0.25, 0.3) is 0 Å². The monoisotopic (exact) mass is 492 g/mol. The molecule has 4 rings (SSSR count). The molecule has 0 fully saturated rings. The molecular weight excluding hydrogens is 444 g/mol. The van der Waals surface area contributed by atoms with Crippen LogP contribution in [0.1, 0.15) is 80.1 Å². The van der Waals surface area contributed by atoms with Crippen molar-refractivity contribution in [2.45, 2.75) is 88.5 Å². The first-order valence-electron chi connectivity index (χ1n) is 13.7. The Morgan fingerprint density at radius 3 is 1.08 bits per heavy atom. The van der Waals surface area contributed by atoms with Gasteiger partial charge in [-0.2, -0.15) is 0 Å². The van der Waals surface area contributed by atoms with Crippen molar-refractivity contribution in [3.8, 4) is 0 Å². The highest BCUT2D eigenvalue weighted by Crippen LogP contribution is 2.17. The molecule has 0 heterocycles. The van der Waals surface area contributed by atoms with E-state index in [1.54, 1.807) is 0 Å². The minimum absolute atomic E-state index is 1.03. The van der Waals surface area contributed by atoms with E-state index in [2.05, 4.69) is 142 Å². The molecule has 0 aliphatic carbocycles. The Kier molecular flexibility index (Phi) is 11.9. The van der Waals surface area contributed by atoms with E-state index in [0.29, 0.717) is 0 Å². The minimum Gasteiger partial charge on any atom is -0.0651 e. The van der Waals surface area contributed by atoms with E-state index < -0.39 is 0 Å². The van der Waals surface area contributed by atoms with Crippen LogP contribution in [0.25, 0.3) is 0 Å². The van der Waals surface area contributed by atoms with E-state index in [4.69, 9.17) is 0 Å². The van der Waals surface area contributed by atoms with Gasteiger partial charge < -0.3 is 0 Å². The van der Waals surface area contributed by atoms with Gasteiger partial charge in [0.1, 0.15) is 0 Å². The summed E-state index contributed by atoms with van der Waals surface area (Å²) in [4.78, 5) is 0. The predicted molar refractivity (Wildman–Crippen MR) is 165 cm³/mol. The maximum Gasteiger partial charge on any atom is -0.00256 e. The van der Waals surface area contributed by atoms with Gasteiger partial charge in [-0.15, -0.1) is 0 Å². The highest BCUT2D eigenvalue weighted by Gasteiger charge is 2.00. The van der Waals surface area contributed by atoms with Crippen molar-refractivity contribution in [1.82, 2.24) is 0 Å². The second kappa shape index (κ2) is 14.6. The van der Waals surface area contributed by atoms with Gasteiger partial charge in [-0.3, -0.25) is 0 Å². The summed E-state index contributed by atoms with van der Waals surface area (Å²) in [5, 5.41) is 0. The fourth-order valence-corrected chi connectivity index (χ4v) is 4.20. The topological polar surface area (TPSA) is 0 Å². The molecule has 0 radical (unpaired) electrons. The number of hydrogen-bond donors (Lipinski definition) is 0. The van der Waals surface area contributed by atoms with Crippen LogP contribution >= 0.6 is 0 Å². The van der Waals surface area contributed by atoms with Crippen molar-refractivity contribution in [3.63, 3.8) is 0 Å². The number of hydrogen-bond acceptors (Lipinski definition) is 0. The summed E-state index contributed by atoms with van der Waals surface area (Å²) in [5.41, 5.74) is 16.7. The molecule has 0 amide bonds. The lowest BCUT2D eigenvalue weighted by Crippen LogP contribution is -1.92. The van der Waals surface area contributed by atoms with E-state index in [-0.39, 0.29) is 0 Å². The predicted octanol–water partition coefficient (Wildman–Crippen LogP) is 10.4. The van der Waals surface area contributed by atoms with E-state index in [1.807, 2.05) is 0 Å². The average Bonchev–Trinajstić information content (AvgIpc) is 2.85. The molecule has 0 nitrogen and oxygen atoms in total. The molecule has 0 saturated carbocycles. The smallest absolute Gasteiger partial charge is 0.00256 e. The molecule has 196 valence electrons. The van der Waals surface area contributed by atoms with Crippen LogP contribution in [0.2, 0.25) is 0 Å². The first-order valence-corrected chi connectivity index (χ1v) is 13.7. The van der Waals surface area contributed by atoms with Gasteiger partial charge in [0.2, 0.25) is 0 Å². The van der Waals surface area contributed by atoms with Crippen molar-refractivity contribution in [3.05, 3.63) is 140 Å². The maximum absolute atomic E-state index is 2.30. The van der Waals surface area contributed by atoms with Crippen LogP contribution in [0.3, 0.4) is 0 Å². The third-order valence-electron chi connectivity index (χ3n) is 7.32. The van der Waals surface area contributed by atoms with Crippen LogP contribution < -0.4 is 0 Å². The fraction of sp³-hybridized carbons (Fsp3) is 0.351. The van der Waals surface area contributed by atoms with E-state index in [9.17, 15) is 0 Å². The average molecular weight is 493 g/mol. The summed E-state index contributed by atoms with van der Waals surface area (Å²) < 4.78 is 0. The second-order valence-electron chi connectivity index (χ2n) is 10.8. The molecule has 0 spiro atoms. The van der Waals surface area contributed by atoms with E-state index in [0.717, 1.165) is 6.42 Å². The van der Waals surface area contributed by atoms with Gasteiger partial charge >= 0.3 is 0 Å². The third-order valence-corrected chi connectivity index (χ3v) is 7.32. The second-order valence-corrected chi connectivity index (χ2v) is 10.8. The molecule has 0 bridgehead atoms. The zero-order chi connectivity index (χ0) is 27.5. The Labute approximate surface area is 227 Å². The molecule has 0 unspecified atom stereocenters. The zero-order valence-corrected chi connectivity index (χ0v) is 25.0. The molecule has 0 atom stereocenters. The molecule has 0 aromatic heterocycles. The minimum atomic E-state index is 1.03. The van der Waals surface area contributed by atoms with Gasteiger partial charge in [0, 0.05) is 0 Å². The number of benzene rings is 4. The Hall–Kier alpha value is -3.12. The first kappa shape index (κ1) is 30.1. The van der Waals surface area contributed by atoms with Crippen LogP contribution in [0.4, 0.5) is 0 Å². The highest BCUT2D eigenvalue weighted by atomic mass is 14.1. The molecule has 0 aliphatic heterocycles. The molecule has 0 aliphatic rings. The molecule has 4 aromatic rings. The third kappa shape index (κ3) is 10.0. The van der Waals surface area contributed by atoms with E-state index >= 15 is 0 Å². The summed E-state index contributed by atoms with van der Waals surface area (Å²) in [6.07, 6.45) is 3.48. The number of rotatable bonds is 4. The van der Waals surface area contributed by atoms with Crippen LogP contribution in [0.5, 0.6) is 0 Å². The van der Waals surface area contributed by atoms with Gasteiger partial charge in [0.15, 0.2) is 0 Å². The molecular formula is C37H48. The lowest BCUT2D eigenvalue weighted by Gasteiger charge is -2.07. The van der Waals surface area contributed by atoms with Crippen molar-refractivity contribution in [2.75, 3.05) is 0 Å². The van der Waals surface area contributed by atoms with Crippen molar-refractivity contribution in [2.24, 2.45) is 0 Å². The summed E-state index contributed by atoms with van der Waals surface area (Å²) in [6, 6.07) is 26.7. The van der Waals surface area contributed by atoms with Gasteiger partial charge in [-0.1, -0.05) is 91.7 Å². The Balaban J connectivity index is 0.000000208. The van der Waals surface area contributed by atoms with Gasteiger partial charge in [-0.25, -0.2) is 0 Å². The molecule has 0 N–H and O–H groups in total. The molecule has 0 saturated heterocycles. The lowest BCUT2D eigenvalue weighted by molar-refractivity contribution is 0.919. The summed E-state index contributed by atoms with van der Waals surface area (Å²) >= 11 is 0. The zero-order valence-electron chi connectivity index (χ0n) is 25.0. The largest absolute Gasteiger partial charge is 0.0651 e. The summed E-state index contributed by atoms with van der Waals surface area (Å²) in [6.45, 7) is 21.6. The van der Waals surface area contributed by atoms with Crippen molar-refractivity contribution >= 4 is 0 Å². The van der Waals surface area contributed by atoms with Crippen molar-refractivity contribution < 1.29 is 0 Å². The van der Waals surface area contributed by atoms with Crippen LogP contribution in [0.15, 0.2) is 72.8 Å². The first-order chi connectivity index (χ1) is 17.5. The Morgan fingerprint density at radius 1 is 0.378 bits per heavy atom.